The molecule has 0 saturated carbocycles. The zero-order valence-corrected chi connectivity index (χ0v) is 19.3. The molecule has 0 fully saturated rings. The second kappa shape index (κ2) is 9.51. The van der Waals surface area contributed by atoms with Gasteiger partial charge in [-0.3, -0.25) is 9.10 Å². The van der Waals surface area contributed by atoms with E-state index < -0.39 is 39.2 Å². The molecule has 0 unspecified atom stereocenters. The Hall–Kier alpha value is -2.56. The van der Waals surface area contributed by atoms with Crippen LogP contribution in [0.5, 0.6) is 0 Å². The third-order valence-electron chi connectivity index (χ3n) is 4.27. The Kier molecular flexibility index (Phi) is 7.16. The van der Waals surface area contributed by atoms with Crippen LogP contribution in [0.1, 0.15) is 5.56 Å². The fraction of sp³-hybridized carbons (Fsp3) is 0.0952. The van der Waals surface area contributed by atoms with E-state index in [0.29, 0.717) is 20.5 Å². The van der Waals surface area contributed by atoms with E-state index in [9.17, 15) is 26.4 Å². The molecule has 1 N–H and O–H groups in total. The third-order valence-corrected chi connectivity index (χ3v) is 6.88. The molecule has 5 nitrogen and oxygen atoms in total. The topological polar surface area (TPSA) is 66.5 Å². The van der Waals surface area contributed by atoms with E-state index in [2.05, 4.69) is 21.2 Å². The Bertz CT molecular complexity index is 1240. The van der Waals surface area contributed by atoms with E-state index in [1.54, 1.807) is 30.3 Å². The molecule has 0 aromatic heterocycles. The van der Waals surface area contributed by atoms with Crippen molar-refractivity contribution in [1.29, 1.82) is 0 Å². The minimum absolute atomic E-state index is 0.182. The van der Waals surface area contributed by atoms with Crippen LogP contribution in [0.4, 0.5) is 24.5 Å². The van der Waals surface area contributed by atoms with Crippen LogP contribution in [-0.2, 0) is 21.0 Å². The molecule has 0 aliphatic rings. The lowest BCUT2D eigenvalue weighted by Crippen LogP contribution is -2.38. The quantitative estimate of drug-likeness (QED) is 0.414. The summed E-state index contributed by atoms with van der Waals surface area (Å²) < 4.78 is 67.9. The maximum atomic E-state index is 13.4. The number of benzene rings is 3. The van der Waals surface area contributed by atoms with Crippen molar-refractivity contribution in [3.05, 3.63) is 87.9 Å². The number of hydrogen-bond donors (Lipinski definition) is 1. The molecule has 3 aromatic carbocycles. The number of amides is 1. The summed E-state index contributed by atoms with van der Waals surface area (Å²) in [5.41, 5.74) is -1.18. The van der Waals surface area contributed by atoms with Gasteiger partial charge in [0, 0.05) is 10.2 Å². The Morgan fingerprint density at radius 2 is 1.69 bits per heavy atom. The molecule has 1 amide bonds. The molecule has 0 heterocycles. The van der Waals surface area contributed by atoms with Gasteiger partial charge < -0.3 is 5.32 Å². The summed E-state index contributed by atoms with van der Waals surface area (Å²) in [5.74, 6) is -0.744. The Morgan fingerprint density at radius 3 is 2.31 bits per heavy atom. The van der Waals surface area contributed by atoms with Crippen LogP contribution in [0.3, 0.4) is 0 Å². The molecule has 0 aliphatic carbocycles. The monoisotopic (exact) mass is 546 g/mol. The molecule has 0 spiro atoms. The number of halogens is 5. The SMILES string of the molecule is O=C(CN(c1ccc(Cl)c(C(F)(F)F)c1)S(=O)(=O)c1ccccc1)Nc1cccc(Br)c1. The predicted octanol–water partition coefficient (Wildman–Crippen LogP) is 5.96. The van der Waals surface area contributed by atoms with Crippen molar-refractivity contribution in [3.63, 3.8) is 0 Å². The molecule has 11 heteroatoms. The number of carbonyl (C=O) groups is 1. The molecule has 0 saturated heterocycles. The summed E-state index contributed by atoms with van der Waals surface area (Å²) >= 11 is 8.93. The molecular weight excluding hydrogens is 533 g/mol. The van der Waals surface area contributed by atoms with Gasteiger partial charge in [0.1, 0.15) is 6.54 Å². The van der Waals surface area contributed by atoms with Crippen molar-refractivity contribution < 1.29 is 26.4 Å². The molecule has 3 rings (SSSR count). The van der Waals surface area contributed by atoms with Crippen LogP contribution in [0.2, 0.25) is 5.02 Å². The Labute approximate surface area is 196 Å². The summed E-state index contributed by atoms with van der Waals surface area (Å²) in [5, 5.41) is 1.95. The minimum atomic E-state index is -4.81. The standard InChI is InChI=1S/C21H15BrClF3N2O3S/c22-14-5-4-6-15(11-14)27-20(29)13-28(32(30,31)17-7-2-1-3-8-17)16-9-10-19(23)18(12-16)21(24,25)26/h1-12H,13H2,(H,27,29). The van der Waals surface area contributed by atoms with Gasteiger partial charge in [-0.15, -0.1) is 0 Å². The maximum absolute atomic E-state index is 13.4. The van der Waals surface area contributed by atoms with Crippen molar-refractivity contribution in [1.82, 2.24) is 0 Å². The number of anilines is 2. The molecule has 0 atom stereocenters. The fourth-order valence-electron chi connectivity index (χ4n) is 2.82. The highest BCUT2D eigenvalue weighted by molar-refractivity contribution is 9.10. The van der Waals surface area contributed by atoms with Gasteiger partial charge in [-0.1, -0.05) is 51.8 Å². The van der Waals surface area contributed by atoms with Crippen LogP contribution < -0.4 is 9.62 Å². The first kappa shape index (κ1) is 24.1. The summed E-state index contributed by atoms with van der Waals surface area (Å²) in [4.78, 5) is 12.5. The van der Waals surface area contributed by atoms with Crippen molar-refractivity contribution in [2.24, 2.45) is 0 Å². The number of nitrogens with zero attached hydrogens (tertiary/aromatic N) is 1. The van der Waals surface area contributed by atoms with Gasteiger partial charge in [0.15, 0.2) is 0 Å². The first-order valence-electron chi connectivity index (χ1n) is 8.98. The molecule has 3 aromatic rings. The highest BCUT2D eigenvalue weighted by atomic mass is 79.9. The van der Waals surface area contributed by atoms with Crippen molar-refractivity contribution in [2.75, 3.05) is 16.2 Å². The normalized spacial score (nSPS) is 11.8. The number of rotatable bonds is 6. The van der Waals surface area contributed by atoms with Crippen molar-refractivity contribution in [2.45, 2.75) is 11.1 Å². The highest BCUT2D eigenvalue weighted by Gasteiger charge is 2.35. The second-order valence-corrected chi connectivity index (χ2v) is 9.73. The smallest absolute Gasteiger partial charge is 0.324 e. The zero-order valence-electron chi connectivity index (χ0n) is 16.1. The highest BCUT2D eigenvalue weighted by Crippen LogP contribution is 2.38. The van der Waals surface area contributed by atoms with Gasteiger partial charge in [-0.25, -0.2) is 8.42 Å². The van der Waals surface area contributed by atoms with E-state index in [1.807, 2.05) is 0 Å². The summed E-state index contributed by atoms with van der Waals surface area (Å²) in [7, 11) is -4.37. The number of carbonyl (C=O) groups excluding carboxylic acids is 1. The van der Waals surface area contributed by atoms with Crippen LogP contribution in [0.15, 0.2) is 82.2 Å². The number of sulfonamides is 1. The summed E-state index contributed by atoms with van der Waals surface area (Å²) in [6.07, 6.45) is -4.81. The van der Waals surface area contributed by atoms with Crippen LogP contribution >= 0.6 is 27.5 Å². The maximum Gasteiger partial charge on any atom is 0.417 e. The third kappa shape index (κ3) is 5.62. The number of nitrogens with one attached hydrogen (secondary N) is 1. The molecule has 0 aliphatic heterocycles. The summed E-state index contributed by atoms with van der Waals surface area (Å²) in [6, 6.07) is 16.3. The largest absolute Gasteiger partial charge is 0.417 e. The van der Waals surface area contributed by atoms with Gasteiger partial charge in [-0.05, 0) is 48.5 Å². The Morgan fingerprint density at radius 1 is 1.00 bits per heavy atom. The lowest BCUT2D eigenvalue weighted by atomic mass is 10.2. The average Bonchev–Trinajstić information content (AvgIpc) is 2.72. The molecule has 0 bridgehead atoms. The van der Waals surface area contributed by atoms with E-state index in [0.717, 1.165) is 12.1 Å². The molecule has 0 radical (unpaired) electrons. The van der Waals surface area contributed by atoms with Crippen LogP contribution in [-0.4, -0.2) is 20.9 Å². The summed E-state index contributed by atoms with van der Waals surface area (Å²) in [6.45, 7) is -0.761. The van der Waals surface area contributed by atoms with Gasteiger partial charge in [0.25, 0.3) is 10.0 Å². The van der Waals surface area contributed by atoms with Gasteiger partial charge >= 0.3 is 6.18 Å². The molecule has 32 heavy (non-hydrogen) atoms. The Balaban J connectivity index is 2.04. The van der Waals surface area contributed by atoms with Gasteiger partial charge in [0.05, 0.1) is 21.2 Å². The average molecular weight is 548 g/mol. The van der Waals surface area contributed by atoms with Crippen molar-refractivity contribution >= 4 is 54.8 Å². The molecular formula is C21H15BrClF3N2O3S. The van der Waals surface area contributed by atoms with E-state index in [1.165, 1.54) is 24.3 Å². The minimum Gasteiger partial charge on any atom is -0.324 e. The van der Waals surface area contributed by atoms with E-state index >= 15 is 0 Å². The lowest BCUT2D eigenvalue weighted by molar-refractivity contribution is -0.137. The first-order valence-corrected chi connectivity index (χ1v) is 11.6. The van der Waals surface area contributed by atoms with Gasteiger partial charge in [-0.2, -0.15) is 13.2 Å². The van der Waals surface area contributed by atoms with E-state index in [4.69, 9.17) is 11.6 Å². The number of alkyl halides is 3. The first-order chi connectivity index (χ1) is 15.0. The lowest BCUT2D eigenvalue weighted by Gasteiger charge is -2.25. The zero-order chi connectivity index (χ0) is 23.5. The van der Waals surface area contributed by atoms with Crippen LogP contribution in [0, 0.1) is 0 Å². The van der Waals surface area contributed by atoms with Crippen molar-refractivity contribution in [3.8, 4) is 0 Å². The fourth-order valence-corrected chi connectivity index (χ4v) is 4.88. The predicted molar refractivity (Wildman–Crippen MR) is 120 cm³/mol. The van der Waals surface area contributed by atoms with Crippen LogP contribution in [0.25, 0.3) is 0 Å². The van der Waals surface area contributed by atoms with E-state index in [-0.39, 0.29) is 10.6 Å². The number of hydrogen-bond acceptors (Lipinski definition) is 3. The second-order valence-electron chi connectivity index (χ2n) is 6.55. The molecule has 168 valence electrons. The van der Waals surface area contributed by atoms with Gasteiger partial charge in [0.2, 0.25) is 5.91 Å².